The van der Waals surface area contributed by atoms with E-state index in [2.05, 4.69) is 14.7 Å². The third kappa shape index (κ3) is 2.54. The fourth-order valence-electron chi connectivity index (χ4n) is 1.26. The van der Waals surface area contributed by atoms with Crippen molar-refractivity contribution in [2.75, 3.05) is 0 Å². The van der Waals surface area contributed by atoms with Crippen LogP contribution in [-0.2, 0) is 11.2 Å². The molecule has 0 N–H and O–H groups in total. The lowest BCUT2D eigenvalue weighted by Gasteiger charge is -1.94. The predicted molar refractivity (Wildman–Crippen MR) is 52.9 cm³/mol. The van der Waals surface area contributed by atoms with Gasteiger partial charge in [0.05, 0.1) is 12.4 Å². The molecule has 0 saturated heterocycles. The molecule has 0 saturated carbocycles. The van der Waals surface area contributed by atoms with Crippen LogP contribution in [-0.4, -0.2) is 21.9 Å². The van der Waals surface area contributed by atoms with Crippen LogP contribution >= 0.6 is 0 Å². The van der Waals surface area contributed by atoms with Gasteiger partial charge in [0, 0.05) is 5.56 Å². The summed E-state index contributed by atoms with van der Waals surface area (Å²) in [4.78, 5) is 25.8. The first-order valence-corrected chi connectivity index (χ1v) is 4.79. The van der Waals surface area contributed by atoms with Gasteiger partial charge in [0.15, 0.2) is 0 Å². The van der Waals surface area contributed by atoms with Crippen molar-refractivity contribution in [2.24, 2.45) is 0 Å². The van der Waals surface area contributed by atoms with Crippen LogP contribution in [0.1, 0.15) is 22.1 Å². The Hall–Kier alpha value is -2.50. The van der Waals surface area contributed by atoms with Gasteiger partial charge in [-0.1, -0.05) is 35.5 Å². The minimum atomic E-state index is -1.34. The SMILES string of the molecule is O=C([O-])Cc1nc(C(=O)c2ccccc2)no1. The third-order valence-corrected chi connectivity index (χ3v) is 2.00. The number of aliphatic carboxylic acids is 1. The number of ketones is 1. The first-order chi connectivity index (χ1) is 8.16. The van der Waals surface area contributed by atoms with Gasteiger partial charge in [-0.15, -0.1) is 0 Å². The largest absolute Gasteiger partial charge is 0.550 e. The Morgan fingerprint density at radius 1 is 1.24 bits per heavy atom. The molecule has 17 heavy (non-hydrogen) atoms. The van der Waals surface area contributed by atoms with Crippen molar-refractivity contribution >= 4 is 11.8 Å². The minimum Gasteiger partial charge on any atom is -0.550 e. The monoisotopic (exact) mass is 231 g/mol. The molecular weight excluding hydrogens is 224 g/mol. The van der Waals surface area contributed by atoms with E-state index in [9.17, 15) is 14.7 Å². The summed E-state index contributed by atoms with van der Waals surface area (Å²) in [6.07, 6.45) is -0.505. The van der Waals surface area contributed by atoms with E-state index in [0.29, 0.717) is 5.56 Å². The van der Waals surface area contributed by atoms with Crippen molar-refractivity contribution in [3.63, 3.8) is 0 Å². The molecule has 0 radical (unpaired) electrons. The molecule has 0 aliphatic carbocycles. The zero-order valence-corrected chi connectivity index (χ0v) is 8.62. The van der Waals surface area contributed by atoms with Gasteiger partial charge < -0.3 is 14.4 Å². The fraction of sp³-hybridized carbons (Fsp3) is 0.0909. The van der Waals surface area contributed by atoms with Gasteiger partial charge in [0.25, 0.3) is 0 Å². The van der Waals surface area contributed by atoms with Crippen LogP contribution in [0.5, 0.6) is 0 Å². The highest BCUT2D eigenvalue weighted by atomic mass is 16.5. The second-order valence-corrected chi connectivity index (χ2v) is 3.26. The molecule has 86 valence electrons. The van der Waals surface area contributed by atoms with E-state index in [1.165, 1.54) is 0 Å². The van der Waals surface area contributed by atoms with E-state index in [0.717, 1.165) is 0 Å². The molecule has 0 spiro atoms. The molecule has 0 aliphatic heterocycles. The van der Waals surface area contributed by atoms with Crippen molar-refractivity contribution in [3.8, 4) is 0 Å². The molecule has 2 rings (SSSR count). The summed E-state index contributed by atoms with van der Waals surface area (Å²) < 4.78 is 4.62. The lowest BCUT2D eigenvalue weighted by molar-refractivity contribution is -0.305. The lowest BCUT2D eigenvalue weighted by atomic mass is 10.1. The molecule has 1 aromatic carbocycles. The summed E-state index contributed by atoms with van der Waals surface area (Å²) in [5.41, 5.74) is 0.410. The van der Waals surface area contributed by atoms with Crippen LogP contribution in [0, 0.1) is 0 Å². The normalized spacial score (nSPS) is 10.1. The van der Waals surface area contributed by atoms with E-state index >= 15 is 0 Å². The summed E-state index contributed by atoms with van der Waals surface area (Å²) in [5.74, 6) is -2.07. The van der Waals surface area contributed by atoms with Crippen LogP contribution in [0.15, 0.2) is 34.9 Å². The quantitative estimate of drug-likeness (QED) is 0.664. The molecule has 6 nitrogen and oxygen atoms in total. The summed E-state index contributed by atoms with van der Waals surface area (Å²) in [5, 5.41) is 13.7. The molecule has 2 aromatic rings. The highest BCUT2D eigenvalue weighted by Gasteiger charge is 2.16. The molecule has 0 atom stereocenters. The first kappa shape index (κ1) is 11.0. The number of benzene rings is 1. The Bertz CT molecular complexity index is 548. The van der Waals surface area contributed by atoms with E-state index in [4.69, 9.17) is 0 Å². The molecule has 1 aromatic heterocycles. The van der Waals surface area contributed by atoms with Crippen LogP contribution in [0.4, 0.5) is 0 Å². The molecule has 0 bridgehead atoms. The number of carbonyl (C=O) groups excluding carboxylic acids is 2. The average molecular weight is 231 g/mol. The molecule has 6 heteroatoms. The summed E-state index contributed by atoms with van der Waals surface area (Å²) in [6.45, 7) is 0. The Morgan fingerprint density at radius 2 is 1.94 bits per heavy atom. The van der Waals surface area contributed by atoms with E-state index < -0.39 is 18.2 Å². The van der Waals surface area contributed by atoms with Crippen LogP contribution in [0.25, 0.3) is 0 Å². The second kappa shape index (κ2) is 4.56. The Kier molecular flexibility index (Phi) is 2.95. The van der Waals surface area contributed by atoms with Gasteiger partial charge in [0.1, 0.15) is 0 Å². The Labute approximate surface area is 95.9 Å². The predicted octanol–water partition coefficient (Wildman–Crippen LogP) is -0.407. The maximum atomic E-state index is 11.8. The third-order valence-electron chi connectivity index (χ3n) is 2.00. The average Bonchev–Trinajstić information content (AvgIpc) is 2.77. The maximum Gasteiger partial charge on any atom is 0.243 e. The number of nitrogens with zero attached hydrogens (tertiary/aromatic N) is 2. The van der Waals surface area contributed by atoms with Crippen molar-refractivity contribution in [2.45, 2.75) is 6.42 Å². The number of carboxylic acids is 1. The number of hydrogen-bond acceptors (Lipinski definition) is 6. The van der Waals surface area contributed by atoms with E-state index in [1.54, 1.807) is 30.3 Å². The van der Waals surface area contributed by atoms with Gasteiger partial charge in [0.2, 0.25) is 17.5 Å². The zero-order chi connectivity index (χ0) is 12.3. The first-order valence-electron chi connectivity index (χ1n) is 4.79. The fourth-order valence-corrected chi connectivity index (χ4v) is 1.26. The summed E-state index contributed by atoms with van der Waals surface area (Å²) in [6, 6.07) is 8.40. The summed E-state index contributed by atoms with van der Waals surface area (Å²) in [7, 11) is 0. The topological polar surface area (TPSA) is 96.1 Å². The maximum absolute atomic E-state index is 11.8. The van der Waals surface area contributed by atoms with Gasteiger partial charge in [-0.05, 0) is 0 Å². The Morgan fingerprint density at radius 3 is 2.59 bits per heavy atom. The Balaban J connectivity index is 2.21. The van der Waals surface area contributed by atoms with Crippen LogP contribution < -0.4 is 5.11 Å². The number of rotatable bonds is 4. The van der Waals surface area contributed by atoms with Crippen molar-refractivity contribution in [1.82, 2.24) is 10.1 Å². The molecule has 0 aliphatic rings. The minimum absolute atomic E-state index is 0.149. The number of aromatic nitrogens is 2. The summed E-state index contributed by atoms with van der Waals surface area (Å²) >= 11 is 0. The van der Waals surface area contributed by atoms with E-state index in [1.807, 2.05) is 0 Å². The second-order valence-electron chi connectivity index (χ2n) is 3.26. The van der Waals surface area contributed by atoms with Gasteiger partial charge in [-0.25, -0.2) is 0 Å². The molecule has 1 heterocycles. The highest BCUT2D eigenvalue weighted by Crippen LogP contribution is 2.07. The standard InChI is InChI=1S/C11H8N2O4/c14-9(15)6-8-12-11(13-17-8)10(16)7-4-2-1-3-5-7/h1-5H,6H2,(H,14,15)/p-1. The van der Waals surface area contributed by atoms with Gasteiger partial charge in [-0.2, -0.15) is 4.98 Å². The van der Waals surface area contributed by atoms with Crippen LogP contribution in [0.2, 0.25) is 0 Å². The van der Waals surface area contributed by atoms with Gasteiger partial charge >= 0.3 is 0 Å². The smallest absolute Gasteiger partial charge is 0.243 e. The van der Waals surface area contributed by atoms with E-state index in [-0.39, 0.29) is 11.7 Å². The molecule has 0 fully saturated rings. The highest BCUT2D eigenvalue weighted by molar-refractivity contribution is 6.06. The number of hydrogen-bond donors (Lipinski definition) is 0. The number of carbonyl (C=O) groups is 2. The lowest BCUT2D eigenvalue weighted by Crippen LogP contribution is -2.24. The van der Waals surface area contributed by atoms with Crippen molar-refractivity contribution in [1.29, 1.82) is 0 Å². The number of carboxylic acid groups (broad SMARTS) is 1. The molecule has 0 unspecified atom stereocenters. The van der Waals surface area contributed by atoms with Gasteiger partial charge in [-0.3, -0.25) is 4.79 Å². The molecule has 0 amide bonds. The van der Waals surface area contributed by atoms with Crippen molar-refractivity contribution in [3.05, 3.63) is 47.6 Å². The van der Waals surface area contributed by atoms with Crippen molar-refractivity contribution < 1.29 is 19.2 Å². The zero-order valence-electron chi connectivity index (χ0n) is 8.62. The van der Waals surface area contributed by atoms with Crippen LogP contribution in [0.3, 0.4) is 0 Å². The molecular formula is C11H7N2O4-.